The van der Waals surface area contributed by atoms with Crippen LogP contribution in [0.2, 0.25) is 0 Å². The lowest BCUT2D eigenvalue weighted by molar-refractivity contribution is -0.132. The summed E-state index contributed by atoms with van der Waals surface area (Å²) in [7, 11) is 2.15. The van der Waals surface area contributed by atoms with Gasteiger partial charge in [-0.15, -0.1) is 0 Å². The highest BCUT2D eigenvalue weighted by Gasteiger charge is 2.34. The van der Waals surface area contributed by atoms with Gasteiger partial charge in [-0.2, -0.15) is 0 Å². The van der Waals surface area contributed by atoms with Crippen LogP contribution in [0.15, 0.2) is 77.3 Å². The molecule has 2 heterocycles. The maximum atomic E-state index is 14.1. The summed E-state index contributed by atoms with van der Waals surface area (Å²) in [5.74, 6) is 0.521. The number of hydrazine groups is 1. The molecule has 1 atom stereocenters. The van der Waals surface area contributed by atoms with Crippen LogP contribution in [0.1, 0.15) is 23.6 Å². The summed E-state index contributed by atoms with van der Waals surface area (Å²) in [5, 5.41) is 9.51. The van der Waals surface area contributed by atoms with E-state index in [2.05, 4.69) is 43.4 Å². The molecule has 0 bridgehead atoms. The number of nitrogen functional groups attached to an aromatic ring is 1. The van der Waals surface area contributed by atoms with Crippen molar-refractivity contribution in [2.24, 2.45) is 0 Å². The third kappa shape index (κ3) is 8.19. The second-order valence-electron chi connectivity index (χ2n) is 11.0. The zero-order valence-electron chi connectivity index (χ0n) is 24.5. The van der Waals surface area contributed by atoms with Crippen molar-refractivity contribution in [1.29, 1.82) is 0 Å². The van der Waals surface area contributed by atoms with Gasteiger partial charge in [-0.05, 0) is 76.9 Å². The van der Waals surface area contributed by atoms with E-state index in [4.69, 9.17) is 10.5 Å². The minimum absolute atomic E-state index is 0.209. The SMILES string of the molecule is CN1CCN(CCOc2ccc([C@H](NC(=O)NCc3ccc(N)cc3)C(=O)N3CCCN3c3ccccc3Br)cc2)CC1. The molecule has 0 unspecified atom stereocenters. The summed E-state index contributed by atoms with van der Waals surface area (Å²) in [6.45, 7) is 7.24. The topological polar surface area (TPSA) is 106 Å². The first-order valence-electron chi connectivity index (χ1n) is 14.7. The van der Waals surface area contributed by atoms with Gasteiger partial charge in [0, 0.05) is 62.5 Å². The van der Waals surface area contributed by atoms with Gasteiger partial charge in [0.15, 0.2) is 0 Å². The van der Waals surface area contributed by atoms with Crippen molar-refractivity contribution in [3.05, 3.63) is 88.4 Å². The highest BCUT2D eigenvalue weighted by Crippen LogP contribution is 2.31. The number of para-hydroxylation sites is 1. The average Bonchev–Trinajstić information content (AvgIpc) is 3.51. The Morgan fingerprint density at radius 1 is 0.930 bits per heavy atom. The van der Waals surface area contributed by atoms with Gasteiger partial charge in [0.1, 0.15) is 18.4 Å². The molecule has 5 rings (SSSR count). The first kappa shape index (κ1) is 30.7. The molecule has 3 aromatic rings. The van der Waals surface area contributed by atoms with Crippen LogP contribution >= 0.6 is 15.9 Å². The average molecular weight is 651 g/mol. The number of amides is 3. The van der Waals surface area contributed by atoms with E-state index in [0.29, 0.717) is 37.5 Å². The molecular formula is C32H40BrN7O3. The van der Waals surface area contributed by atoms with E-state index in [1.54, 1.807) is 17.1 Å². The minimum Gasteiger partial charge on any atom is -0.492 e. The Balaban J connectivity index is 1.28. The molecule has 43 heavy (non-hydrogen) atoms. The standard InChI is InChI=1S/C32H40BrN7O3/c1-37-17-19-38(20-18-37)21-22-43-27-13-9-25(10-14-27)30(36-32(42)35-23-24-7-11-26(34)12-8-24)31(41)40-16-4-15-39(40)29-6-3-2-5-28(29)33/h2-3,5-14,30H,4,15-23,34H2,1H3,(H2,35,36,42)/t30-/m0/s1. The Labute approximate surface area is 261 Å². The number of piperazine rings is 1. The van der Waals surface area contributed by atoms with Crippen LogP contribution < -0.4 is 26.1 Å². The van der Waals surface area contributed by atoms with E-state index in [1.807, 2.05) is 65.7 Å². The molecule has 0 radical (unpaired) electrons. The first-order chi connectivity index (χ1) is 20.9. The van der Waals surface area contributed by atoms with Gasteiger partial charge in [0.2, 0.25) is 0 Å². The highest BCUT2D eigenvalue weighted by molar-refractivity contribution is 9.10. The Morgan fingerprint density at radius 2 is 1.65 bits per heavy atom. The second-order valence-corrected chi connectivity index (χ2v) is 11.8. The molecule has 10 nitrogen and oxygen atoms in total. The molecule has 2 saturated heterocycles. The fourth-order valence-corrected chi connectivity index (χ4v) is 5.80. The molecule has 0 aromatic heterocycles. The maximum absolute atomic E-state index is 14.1. The van der Waals surface area contributed by atoms with Crippen LogP contribution in [-0.2, 0) is 11.3 Å². The number of nitrogens with one attached hydrogen (secondary N) is 2. The van der Waals surface area contributed by atoms with Crippen molar-refractivity contribution in [3.8, 4) is 5.75 Å². The molecule has 11 heteroatoms. The summed E-state index contributed by atoms with van der Waals surface area (Å²) in [6, 6.07) is 21.2. The van der Waals surface area contributed by atoms with Crippen LogP contribution in [0.5, 0.6) is 5.75 Å². The van der Waals surface area contributed by atoms with Gasteiger partial charge in [0.05, 0.1) is 5.69 Å². The van der Waals surface area contributed by atoms with E-state index < -0.39 is 12.1 Å². The molecule has 2 aliphatic rings. The Morgan fingerprint density at radius 3 is 2.37 bits per heavy atom. The molecule has 0 saturated carbocycles. The summed E-state index contributed by atoms with van der Waals surface area (Å²) >= 11 is 3.62. The largest absolute Gasteiger partial charge is 0.492 e. The normalized spacial score (nSPS) is 16.6. The number of carbonyl (C=O) groups excluding carboxylic acids is 2. The predicted octanol–water partition coefficient (Wildman–Crippen LogP) is 3.85. The van der Waals surface area contributed by atoms with E-state index in [-0.39, 0.29) is 5.91 Å². The third-order valence-electron chi connectivity index (χ3n) is 7.86. The summed E-state index contributed by atoms with van der Waals surface area (Å²) in [6.07, 6.45) is 0.823. The maximum Gasteiger partial charge on any atom is 0.315 e. The quantitative estimate of drug-likeness (QED) is 0.287. The lowest BCUT2D eigenvalue weighted by Gasteiger charge is -2.33. The number of benzene rings is 3. The van der Waals surface area contributed by atoms with Crippen molar-refractivity contribution in [1.82, 2.24) is 25.4 Å². The fourth-order valence-electron chi connectivity index (χ4n) is 5.31. The summed E-state index contributed by atoms with van der Waals surface area (Å²) in [5.41, 5.74) is 8.93. The Hall–Kier alpha value is -3.80. The van der Waals surface area contributed by atoms with Crippen molar-refractivity contribution < 1.29 is 14.3 Å². The van der Waals surface area contributed by atoms with E-state index >= 15 is 0 Å². The molecule has 0 spiro atoms. The van der Waals surface area contributed by atoms with Gasteiger partial charge in [-0.25, -0.2) is 4.79 Å². The zero-order chi connectivity index (χ0) is 30.2. The number of hydrogen-bond acceptors (Lipinski definition) is 7. The monoisotopic (exact) mass is 649 g/mol. The number of rotatable bonds is 10. The van der Waals surface area contributed by atoms with Gasteiger partial charge in [-0.3, -0.25) is 19.7 Å². The minimum atomic E-state index is -0.895. The lowest BCUT2D eigenvalue weighted by atomic mass is 10.1. The van der Waals surface area contributed by atoms with E-state index in [1.165, 1.54) is 0 Å². The second kappa shape index (κ2) is 14.6. The van der Waals surface area contributed by atoms with Crippen molar-refractivity contribution in [2.75, 3.05) is 70.2 Å². The number of nitrogens with two attached hydrogens (primary N) is 1. The number of carbonyl (C=O) groups is 2. The molecule has 2 aliphatic heterocycles. The number of urea groups is 1. The third-order valence-corrected chi connectivity index (χ3v) is 8.53. The molecule has 0 aliphatic carbocycles. The molecular weight excluding hydrogens is 610 g/mol. The number of ether oxygens (including phenoxy) is 1. The summed E-state index contributed by atoms with van der Waals surface area (Å²) in [4.78, 5) is 32.0. The van der Waals surface area contributed by atoms with Gasteiger partial charge in [0.25, 0.3) is 5.91 Å². The molecule has 2 fully saturated rings. The zero-order valence-corrected chi connectivity index (χ0v) is 26.1. The van der Waals surface area contributed by atoms with Crippen LogP contribution in [0, 0.1) is 0 Å². The Kier molecular flexibility index (Phi) is 10.4. The number of likely N-dealkylation sites (N-methyl/N-ethyl adjacent to an activating group) is 1. The lowest BCUT2D eigenvalue weighted by Crippen LogP contribution is -2.49. The number of anilines is 2. The predicted molar refractivity (Wildman–Crippen MR) is 173 cm³/mol. The molecule has 3 amide bonds. The Bertz CT molecular complexity index is 1360. The molecule has 4 N–H and O–H groups in total. The number of halogens is 1. The highest BCUT2D eigenvalue weighted by atomic mass is 79.9. The number of hydrogen-bond donors (Lipinski definition) is 3. The number of nitrogens with zero attached hydrogens (tertiary/aromatic N) is 4. The van der Waals surface area contributed by atoms with Crippen LogP contribution in [0.3, 0.4) is 0 Å². The van der Waals surface area contributed by atoms with Crippen molar-refractivity contribution in [3.63, 3.8) is 0 Å². The van der Waals surface area contributed by atoms with Gasteiger partial charge < -0.3 is 26.0 Å². The van der Waals surface area contributed by atoms with E-state index in [0.717, 1.165) is 60.6 Å². The fraction of sp³-hybridized carbons (Fsp3) is 0.375. The van der Waals surface area contributed by atoms with Crippen molar-refractivity contribution in [2.45, 2.75) is 19.0 Å². The van der Waals surface area contributed by atoms with Gasteiger partial charge in [-0.1, -0.05) is 36.4 Å². The first-order valence-corrected chi connectivity index (χ1v) is 15.5. The van der Waals surface area contributed by atoms with Crippen molar-refractivity contribution >= 4 is 39.2 Å². The molecule has 3 aromatic carbocycles. The smallest absolute Gasteiger partial charge is 0.315 e. The van der Waals surface area contributed by atoms with Gasteiger partial charge >= 0.3 is 6.03 Å². The van der Waals surface area contributed by atoms with E-state index in [9.17, 15) is 9.59 Å². The molecule has 228 valence electrons. The summed E-state index contributed by atoms with van der Waals surface area (Å²) < 4.78 is 6.92. The van der Waals surface area contributed by atoms with Crippen LogP contribution in [0.25, 0.3) is 0 Å². The van der Waals surface area contributed by atoms with Crippen LogP contribution in [0.4, 0.5) is 16.2 Å². The van der Waals surface area contributed by atoms with Crippen LogP contribution in [-0.4, -0.2) is 86.2 Å².